The number of nitrogens with two attached hydrogens (primary N) is 1. The van der Waals surface area contributed by atoms with Gasteiger partial charge in [0.05, 0.1) is 22.3 Å². The van der Waals surface area contributed by atoms with Gasteiger partial charge >= 0.3 is 6.18 Å². The molecule has 28 heavy (non-hydrogen) atoms. The summed E-state index contributed by atoms with van der Waals surface area (Å²) < 4.78 is 68.1. The predicted molar refractivity (Wildman–Crippen MR) is 95.6 cm³/mol. The van der Waals surface area contributed by atoms with Gasteiger partial charge in [0.1, 0.15) is 0 Å². The molecule has 152 valence electrons. The molecule has 0 spiro atoms. The van der Waals surface area contributed by atoms with Crippen molar-refractivity contribution in [2.24, 2.45) is 0 Å². The number of nitrogens with one attached hydrogen (secondary N) is 1. The molecule has 0 amide bonds. The number of hydrogen-bond donors (Lipinski definition) is 3. The summed E-state index contributed by atoms with van der Waals surface area (Å²) in [5.74, 6) is -0.00195. The molecule has 0 saturated heterocycles. The van der Waals surface area contributed by atoms with E-state index in [4.69, 9.17) is 5.73 Å². The molecule has 0 radical (unpaired) electrons. The molecule has 1 aromatic carbocycles. The number of sulfonamides is 1. The first-order chi connectivity index (χ1) is 13.0. The number of alkyl halides is 3. The van der Waals surface area contributed by atoms with Gasteiger partial charge in [-0.3, -0.25) is 0 Å². The van der Waals surface area contributed by atoms with Gasteiger partial charge in [0.15, 0.2) is 0 Å². The topological polar surface area (TPSA) is 118 Å². The first-order valence-corrected chi connectivity index (χ1v) is 9.98. The summed E-state index contributed by atoms with van der Waals surface area (Å²) in [7, 11) is -4.54. The molecule has 1 aliphatic carbocycles. The minimum Gasteiger partial charge on any atom is -0.391 e. The van der Waals surface area contributed by atoms with Crippen molar-refractivity contribution in [1.29, 1.82) is 0 Å². The minimum absolute atomic E-state index is 0.00195. The van der Waals surface area contributed by atoms with E-state index in [-0.39, 0.29) is 11.5 Å². The van der Waals surface area contributed by atoms with Crippen molar-refractivity contribution >= 4 is 16.0 Å². The number of aliphatic hydroxyl groups excluding tert-OH is 1. The lowest BCUT2D eigenvalue weighted by molar-refractivity contribution is -0.139. The Bertz CT molecular complexity index is 996. The van der Waals surface area contributed by atoms with E-state index >= 15 is 0 Å². The summed E-state index contributed by atoms with van der Waals surface area (Å²) in [4.78, 5) is 6.86. The van der Waals surface area contributed by atoms with Gasteiger partial charge in [-0.2, -0.15) is 13.2 Å². The molecule has 7 nitrogen and oxygen atoms in total. The van der Waals surface area contributed by atoms with E-state index in [1.54, 1.807) is 6.92 Å². The second kappa shape index (κ2) is 7.30. The van der Waals surface area contributed by atoms with Crippen LogP contribution in [0.3, 0.4) is 0 Å². The maximum absolute atomic E-state index is 13.5. The molecule has 4 N–H and O–H groups in total. The standard InChI is InChI=1S/C17H19F3N4O3S/c1-9-11(8-22-16(21)23-9)10-5-6-12(17(18,19)20)15(7-10)28(26,27)24-13-3-2-4-14(13)25/h5-8,13-14,24-25H,2-4H2,1H3,(H2,21,22,23)/t13-,14+/m1/s1. The van der Waals surface area contributed by atoms with Crippen LogP contribution in [0.15, 0.2) is 29.3 Å². The Morgan fingerprint density at radius 2 is 2.00 bits per heavy atom. The molecular weight excluding hydrogens is 397 g/mol. The second-order valence-corrected chi connectivity index (χ2v) is 8.34. The number of benzene rings is 1. The van der Waals surface area contributed by atoms with E-state index in [1.165, 1.54) is 6.20 Å². The quantitative estimate of drug-likeness (QED) is 0.704. The molecule has 1 fully saturated rings. The molecule has 0 aliphatic heterocycles. The Kier molecular flexibility index (Phi) is 5.34. The van der Waals surface area contributed by atoms with Crippen LogP contribution in [0, 0.1) is 6.92 Å². The summed E-state index contributed by atoms with van der Waals surface area (Å²) in [6.45, 7) is 1.59. The van der Waals surface area contributed by atoms with Crippen molar-refractivity contribution in [3.63, 3.8) is 0 Å². The molecule has 1 aromatic heterocycles. The number of halogens is 3. The third-order valence-corrected chi connectivity index (χ3v) is 6.20. The van der Waals surface area contributed by atoms with Crippen molar-refractivity contribution in [3.8, 4) is 11.1 Å². The van der Waals surface area contributed by atoms with Crippen LogP contribution in [0.25, 0.3) is 11.1 Å². The van der Waals surface area contributed by atoms with Crippen LogP contribution >= 0.6 is 0 Å². The predicted octanol–water partition coefficient (Wildman–Crippen LogP) is 2.24. The van der Waals surface area contributed by atoms with Crippen molar-refractivity contribution in [1.82, 2.24) is 14.7 Å². The monoisotopic (exact) mass is 416 g/mol. The van der Waals surface area contributed by atoms with Crippen LogP contribution in [0.5, 0.6) is 0 Å². The lowest BCUT2D eigenvalue weighted by Gasteiger charge is -2.20. The number of aromatic nitrogens is 2. The first-order valence-electron chi connectivity index (χ1n) is 8.50. The van der Waals surface area contributed by atoms with E-state index < -0.39 is 38.8 Å². The van der Waals surface area contributed by atoms with Gasteiger partial charge in [-0.1, -0.05) is 6.07 Å². The highest BCUT2D eigenvalue weighted by Gasteiger charge is 2.39. The molecular formula is C17H19F3N4O3S. The molecule has 0 bridgehead atoms. The lowest BCUT2D eigenvalue weighted by Crippen LogP contribution is -2.40. The molecule has 1 heterocycles. The van der Waals surface area contributed by atoms with Crippen LogP contribution in [0.2, 0.25) is 0 Å². The molecule has 3 rings (SSSR count). The van der Waals surface area contributed by atoms with Crippen molar-refractivity contribution in [3.05, 3.63) is 35.7 Å². The van der Waals surface area contributed by atoms with E-state index in [9.17, 15) is 26.7 Å². The lowest BCUT2D eigenvalue weighted by atomic mass is 10.0. The summed E-state index contributed by atoms with van der Waals surface area (Å²) in [5.41, 5.74) is 5.17. The van der Waals surface area contributed by atoms with Gasteiger partial charge in [0.2, 0.25) is 16.0 Å². The van der Waals surface area contributed by atoms with E-state index in [0.29, 0.717) is 36.6 Å². The second-order valence-electron chi connectivity index (χ2n) is 6.66. The van der Waals surface area contributed by atoms with Gasteiger partial charge in [-0.25, -0.2) is 23.1 Å². The van der Waals surface area contributed by atoms with Crippen LogP contribution < -0.4 is 10.5 Å². The number of rotatable bonds is 4. The van der Waals surface area contributed by atoms with Crippen LogP contribution in [0.1, 0.15) is 30.5 Å². The molecule has 1 aliphatic rings. The average Bonchev–Trinajstić information content (AvgIpc) is 2.98. The summed E-state index contributed by atoms with van der Waals surface area (Å²) in [6.07, 6.45) is -3.15. The Labute approximate surface area is 159 Å². The Morgan fingerprint density at radius 3 is 2.57 bits per heavy atom. The fraction of sp³-hybridized carbons (Fsp3) is 0.412. The van der Waals surface area contributed by atoms with Crippen molar-refractivity contribution in [2.75, 3.05) is 5.73 Å². The number of hydrogen-bond acceptors (Lipinski definition) is 6. The molecule has 11 heteroatoms. The van der Waals surface area contributed by atoms with Gasteiger partial charge < -0.3 is 10.8 Å². The van der Waals surface area contributed by atoms with Gasteiger partial charge in [0, 0.05) is 17.8 Å². The number of nitrogen functional groups attached to an aromatic ring is 1. The van der Waals surface area contributed by atoms with Crippen LogP contribution in [0.4, 0.5) is 19.1 Å². The van der Waals surface area contributed by atoms with Crippen LogP contribution in [-0.4, -0.2) is 35.6 Å². The summed E-state index contributed by atoms with van der Waals surface area (Å²) in [6, 6.07) is 1.99. The number of anilines is 1. The molecule has 2 atom stereocenters. The molecule has 0 unspecified atom stereocenters. The maximum Gasteiger partial charge on any atom is 0.417 e. The number of nitrogens with zero attached hydrogens (tertiary/aromatic N) is 2. The summed E-state index contributed by atoms with van der Waals surface area (Å²) >= 11 is 0. The highest BCUT2D eigenvalue weighted by atomic mass is 32.2. The fourth-order valence-corrected chi connectivity index (χ4v) is 4.81. The highest BCUT2D eigenvalue weighted by molar-refractivity contribution is 7.89. The zero-order valence-corrected chi connectivity index (χ0v) is 15.7. The van der Waals surface area contributed by atoms with Gasteiger partial charge in [-0.05, 0) is 43.9 Å². The maximum atomic E-state index is 13.5. The molecule has 2 aromatic rings. The van der Waals surface area contributed by atoms with E-state index in [2.05, 4.69) is 14.7 Å². The minimum atomic E-state index is -4.87. The Balaban J connectivity index is 2.11. The number of aryl methyl sites for hydroxylation is 1. The van der Waals surface area contributed by atoms with Crippen molar-refractivity contribution < 1.29 is 26.7 Å². The summed E-state index contributed by atoms with van der Waals surface area (Å²) in [5, 5.41) is 9.85. The largest absolute Gasteiger partial charge is 0.417 e. The van der Waals surface area contributed by atoms with Crippen LogP contribution in [-0.2, 0) is 16.2 Å². The normalized spacial score (nSPS) is 20.5. The molecule has 1 saturated carbocycles. The third kappa shape index (κ3) is 4.10. The highest BCUT2D eigenvalue weighted by Crippen LogP contribution is 2.37. The smallest absolute Gasteiger partial charge is 0.391 e. The van der Waals surface area contributed by atoms with E-state index in [1.807, 2.05) is 0 Å². The van der Waals surface area contributed by atoms with Gasteiger partial charge in [-0.15, -0.1) is 0 Å². The Hall–Kier alpha value is -2.24. The fourth-order valence-electron chi connectivity index (χ4n) is 3.26. The Morgan fingerprint density at radius 1 is 1.29 bits per heavy atom. The van der Waals surface area contributed by atoms with E-state index in [0.717, 1.165) is 12.1 Å². The number of aliphatic hydroxyl groups is 1. The zero-order chi connectivity index (χ0) is 20.7. The third-order valence-electron chi connectivity index (χ3n) is 4.67. The van der Waals surface area contributed by atoms with Gasteiger partial charge in [0.25, 0.3) is 0 Å². The SMILES string of the molecule is Cc1nc(N)ncc1-c1ccc(C(F)(F)F)c(S(=O)(=O)N[C@@H]2CCC[C@@H]2O)c1. The average molecular weight is 416 g/mol. The van der Waals surface area contributed by atoms with Crippen molar-refractivity contribution in [2.45, 2.75) is 49.4 Å². The zero-order valence-electron chi connectivity index (χ0n) is 14.9. The first kappa shape index (κ1) is 20.5.